The number of pyridine rings is 1. The number of hydrogen-bond acceptors (Lipinski definition) is 1. The fourth-order valence-electron chi connectivity index (χ4n) is 8.97. The fraction of sp³-hybridized carbons (Fsp3) is 0.0625. The zero-order valence-corrected chi connectivity index (χ0v) is 29.0. The average molecular weight is 667 g/mol. The summed E-state index contributed by atoms with van der Waals surface area (Å²) in [7, 11) is 0. The Balaban J connectivity index is 1.34. The molecule has 0 amide bonds. The van der Waals surface area contributed by atoms with Crippen LogP contribution < -0.4 is 0 Å². The van der Waals surface area contributed by atoms with Gasteiger partial charge in [-0.05, 0) is 83.6 Å². The van der Waals surface area contributed by atoms with Gasteiger partial charge < -0.3 is 9.13 Å². The SMILES string of the molecule is C/C=C\c1c(CC)c2ccc3c4ccccc4n(-c4ccc5c6ccc7ccccc7c6c6nc7ccccc7n6c5c4)c3c2n1-c1ccccc1. The second kappa shape index (κ2) is 10.9. The number of imidazole rings is 1. The summed E-state index contributed by atoms with van der Waals surface area (Å²) in [6, 6.07) is 53.1. The molecule has 0 aliphatic rings. The van der Waals surface area contributed by atoms with E-state index in [1.54, 1.807) is 0 Å². The predicted octanol–water partition coefficient (Wildman–Crippen LogP) is 12.6. The van der Waals surface area contributed by atoms with Crippen molar-refractivity contribution < 1.29 is 0 Å². The Hall–Kier alpha value is -6.65. The molecule has 0 fully saturated rings. The first kappa shape index (κ1) is 29.1. The highest BCUT2D eigenvalue weighted by atomic mass is 15.1. The molecule has 4 nitrogen and oxygen atoms in total. The van der Waals surface area contributed by atoms with Crippen molar-refractivity contribution in [3.63, 3.8) is 0 Å². The Labute approximate surface area is 300 Å². The third-order valence-corrected chi connectivity index (χ3v) is 11.1. The van der Waals surface area contributed by atoms with Gasteiger partial charge in [0.05, 0.1) is 33.1 Å². The van der Waals surface area contributed by atoms with Crippen LogP contribution in [0.4, 0.5) is 0 Å². The van der Waals surface area contributed by atoms with Crippen LogP contribution in [0, 0.1) is 0 Å². The van der Waals surface area contributed by atoms with Crippen LogP contribution in [0.1, 0.15) is 25.1 Å². The minimum atomic E-state index is 0.936. The van der Waals surface area contributed by atoms with Crippen LogP contribution >= 0.6 is 0 Å². The van der Waals surface area contributed by atoms with Gasteiger partial charge in [0.15, 0.2) is 0 Å². The third-order valence-electron chi connectivity index (χ3n) is 11.1. The molecule has 0 saturated heterocycles. The molecule has 11 rings (SSSR count). The smallest absolute Gasteiger partial charge is 0.147 e. The normalized spacial score (nSPS) is 12.4. The van der Waals surface area contributed by atoms with Gasteiger partial charge in [0.25, 0.3) is 0 Å². The molecule has 11 aromatic rings. The second-order valence-electron chi connectivity index (χ2n) is 13.8. The maximum Gasteiger partial charge on any atom is 0.147 e. The quantitative estimate of drug-likeness (QED) is 0.172. The van der Waals surface area contributed by atoms with Gasteiger partial charge in [0.1, 0.15) is 5.65 Å². The van der Waals surface area contributed by atoms with Gasteiger partial charge in [-0.2, -0.15) is 0 Å². The summed E-state index contributed by atoms with van der Waals surface area (Å²) in [5.41, 5.74) is 12.8. The maximum absolute atomic E-state index is 5.31. The number of fused-ring (bicyclic) bond motifs is 15. The molecule has 4 aromatic heterocycles. The average Bonchev–Trinajstić information content (AvgIpc) is 3.86. The molecular weight excluding hydrogens is 633 g/mol. The summed E-state index contributed by atoms with van der Waals surface area (Å²) in [6.07, 6.45) is 5.37. The van der Waals surface area contributed by atoms with Crippen molar-refractivity contribution in [1.82, 2.24) is 18.5 Å². The van der Waals surface area contributed by atoms with Crippen LogP contribution in [0.5, 0.6) is 0 Å². The number of rotatable bonds is 4. The molecule has 0 aliphatic carbocycles. The van der Waals surface area contributed by atoms with Gasteiger partial charge in [-0.1, -0.05) is 116 Å². The molecule has 0 saturated carbocycles. The fourth-order valence-corrected chi connectivity index (χ4v) is 8.97. The lowest BCUT2D eigenvalue weighted by Crippen LogP contribution is -2.01. The molecule has 0 spiro atoms. The van der Waals surface area contributed by atoms with Crippen LogP contribution in [0.15, 0.2) is 152 Å². The van der Waals surface area contributed by atoms with E-state index in [1.807, 2.05) is 0 Å². The standard InChI is InChI=1S/C48H34N4/c1-3-14-41-33(4-2)38-27-28-39-35-19-10-12-21-42(35)51(47(39)46(38)50(41)31-16-6-5-7-17-31)32-24-26-36-37-25-23-30-15-8-9-18-34(30)45(37)48-49-40-20-11-13-22-43(40)52(48)44(36)29-32/h3,5-29H,4H2,1-2H3/b14-3-. The van der Waals surface area contributed by atoms with E-state index in [0.29, 0.717) is 0 Å². The van der Waals surface area contributed by atoms with Crippen molar-refractivity contribution in [2.75, 3.05) is 0 Å². The van der Waals surface area contributed by atoms with Crippen LogP contribution in [-0.2, 0) is 6.42 Å². The van der Waals surface area contributed by atoms with Crippen LogP contribution in [0.3, 0.4) is 0 Å². The second-order valence-corrected chi connectivity index (χ2v) is 13.8. The van der Waals surface area contributed by atoms with Gasteiger partial charge in [-0.25, -0.2) is 4.98 Å². The number of nitrogens with zero attached hydrogens (tertiary/aromatic N) is 4. The van der Waals surface area contributed by atoms with Crippen LogP contribution in [0.2, 0.25) is 0 Å². The molecule has 4 heterocycles. The molecule has 0 unspecified atom stereocenters. The largest absolute Gasteiger partial charge is 0.308 e. The van der Waals surface area contributed by atoms with E-state index in [4.69, 9.17) is 4.98 Å². The molecule has 0 atom stereocenters. The van der Waals surface area contributed by atoms with Crippen molar-refractivity contribution in [2.45, 2.75) is 20.3 Å². The summed E-state index contributed by atoms with van der Waals surface area (Å²) in [4.78, 5) is 5.31. The van der Waals surface area contributed by atoms with Crippen molar-refractivity contribution in [1.29, 1.82) is 0 Å². The number of allylic oxidation sites excluding steroid dienone is 1. The van der Waals surface area contributed by atoms with Gasteiger partial charge >= 0.3 is 0 Å². The molecule has 7 aromatic carbocycles. The van der Waals surface area contributed by atoms with Crippen molar-refractivity contribution in [3.05, 3.63) is 163 Å². The Kier molecular flexibility index (Phi) is 6.12. The zero-order chi connectivity index (χ0) is 34.5. The first-order valence-electron chi connectivity index (χ1n) is 18.2. The topological polar surface area (TPSA) is 27.2 Å². The lowest BCUT2D eigenvalue weighted by Gasteiger charge is -2.15. The highest BCUT2D eigenvalue weighted by Crippen LogP contribution is 2.43. The summed E-state index contributed by atoms with van der Waals surface area (Å²) < 4.78 is 7.37. The summed E-state index contributed by atoms with van der Waals surface area (Å²) in [5.74, 6) is 0. The van der Waals surface area contributed by atoms with E-state index in [-0.39, 0.29) is 0 Å². The molecule has 0 aliphatic heterocycles. The Morgan fingerprint density at radius 1 is 0.538 bits per heavy atom. The lowest BCUT2D eigenvalue weighted by molar-refractivity contribution is 1.06. The number of aryl methyl sites for hydroxylation is 1. The van der Waals surface area contributed by atoms with Crippen molar-refractivity contribution >= 4 is 87.9 Å². The maximum atomic E-state index is 5.31. The van der Waals surface area contributed by atoms with Crippen LogP contribution in [0.25, 0.3) is 99.3 Å². The Morgan fingerprint density at radius 2 is 1.21 bits per heavy atom. The van der Waals surface area contributed by atoms with E-state index in [1.165, 1.54) is 70.9 Å². The van der Waals surface area contributed by atoms with Gasteiger partial charge in [-0.3, -0.25) is 4.40 Å². The zero-order valence-electron chi connectivity index (χ0n) is 29.0. The summed E-state index contributed by atoms with van der Waals surface area (Å²) >= 11 is 0. The van der Waals surface area contributed by atoms with Gasteiger partial charge in [0.2, 0.25) is 0 Å². The number of hydrogen-bond donors (Lipinski definition) is 0. The molecule has 0 bridgehead atoms. The number of benzene rings is 7. The summed E-state index contributed by atoms with van der Waals surface area (Å²) in [5, 5.41) is 9.84. The monoisotopic (exact) mass is 666 g/mol. The van der Waals surface area contributed by atoms with E-state index in [0.717, 1.165) is 40.0 Å². The number of para-hydroxylation sites is 4. The Morgan fingerprint density at radius 3 is 2.06 bits per heavy atom. The minimum absolute atomic E-state index is 0.936. The van der Waals surface area contributed by atoms with E-state index < -0.39 is 0 Å². The van der Waals surface area contributed by atoms with Crippen LogP contribution in [-0.4, -0.2) is 18.5 Å². The highest BCUT2D eigenvalue weighted by Gasteiger charge is 2.24. The van der Waals surface area contributed by atoms with Crippen molar-refractivity contribution in [3.8, 4) is 11.4 Å². The van der Waals surface area contributed by atoms with Gasteiger partial charge in [0, 0.05) is 44.0 Å². The molecule has 0 radical (unpaired) electrons. The van der Waals surface area contributed by atoms with E-state index in [9.17, 15) is 0 Å². The van der Waals surface area contributed by atoms with E-state index in [2.05, 4.69) is 185 Å². The number of aromatic nitrogens is 4. The minimum Gasteiger partial charge on any atom is -0.308 e. The summed E-state index contributed by atoms with van der Waals surface area (Å²) in [6.45, 7) is 4.38. The molecule has 4 heteroatoms. The lowest BCUT2D eigenvalue weighted by atomic mass is 9.99. The third kappa shape index (κ3) is 3.84. The molecule has 246 valence electrons. The first-order chi connectivity index (χ1) is 25.7. The Bertz CT molecular complexity index is 3280. The molecular formula is C48H34N4. The predicted molar refractivity (Wildman–Crippen MR) is 220 cm³/mol. The molecule has 0 N–H and O–H groups in total. The first-order valence-corrected chi connectivity index (χ1v) is 18.2. The van der Waals surface area contributed by atoms with Gasteiger partial charge in [-0.15, -0.1) is 0 Å². The van der Waals surface area contributed by atoms with E-state index >= 15 is 0 Å². The highest BCUT2D eigenvalue weighted by molar-refractivity contribution is 6.24. The molecule has 52 heavy (non-hydrogen) atoms. The van der Waals surface area contributed by atoms with Crippen molar-refractivity contribution in [2.24, 2.45) is 0 Å².